The molecule has 4 N–H and O–H groups in total. The number of nitrogens with two attached hydrogens (primary N) is 1. The van der Waals surface area contributed by atoms with Crippen molar-refractivity contribution in [2.24, 2.45) is 17.3 Å². The molecule has 1 spiro atoms. The molecule has 3 saturated carbocycles. The van der Waals surface area contributed by atoms with Crippen LogP contribution in [0.4, 0.5) is 11.5 Å². The summed E-state index contributed by atoms with van der Waals surface area (Å²) in [6.45, 7) is 0. The second kappa shape index (κ2) is 5.35. The van der Waals surface area contributed by atoms with Gasteiger partial charge in [-0.25, -0.2) is 8.42 Å². The number of benzene rings is 2. The Morgan fingerprint density at radius 1 is 1.12 bits per heavy atom. The highest BCUT2D eigenvalue weighted by atomic mass is 32.2. The number of nitrogen functional groups attached to an aromatic ring is 1. The van der Waals surface area contributed by atoms with Crippen molar-refractivity contribution < 1.29 is 8.42 Å². The highest BCUT2D eigenvalue weighted by molar-refractivity contribution is 7.92. The van der Waals surface area contributed by atoms with Crippen LogP contribution in [0.2, 0.25) is 0 Å². The Morgan fingerprint density at radius 2 is 1.94 bits per heavy atom. The molecule has 0 saturated heterocycles. The maximum absolute atomic E-state index is 13.6. The van der Waals surface area contributed by atoms with E-state index in [-0.39, 0.29) is 5.41 Å². The SMILES string of the molecule is CS(=O)(=O)N1c2ccc3[nH]ncc3c2[C@H]2C3CCC(C3)C23C[C@@]13c1ccc2[nH]nc(N)c2c1. The van der Waals surface area contributed by atoms with Gasteiger partial charge in [0.05, 0.1) is 34.7 Å². The molecule has 168 valence electrons. The van der Waals surface area contributed by atoms with Gasteiger partial charge in [-0.15, -0.1) is 0 Å². The minimum absolute atomic E-state index is 0.0935. The first kappa shape index (κ1) is 18.4. The molecule has 3 heterocycles. The molecule has 3 aliphatic carbocycles. The molecule has 3 unspecified atom stereocenters. The van der Waals surface area contributed by atoms with Crippen molar-refractivity contribution in [2.75, 3.05) is 16.3 Å². The van der Waals surface area contributed by atoms with Crippen LogP contribution in [0.3, 0.4) is 0 Å². The van der Waals surface area contributed by atoms with Gasteiger partial charge >= 0.3 is 0 Å². The van der Waals surface area contributed by atoms with Gasteiger partial charge in [-0.2, -0.15) is 10.2 Å². The number of fused-ring (bicyclic) bond motifs is 8. The van der Waals surface area contributed by atoms with Gasteiger partial charge in [0.15, 0.2) is 5.82 Å². The van der Waals surface area contributed by atoms with Gasteiger partial charge in [0, 0.05) is 16.2 Å². The normalized spacial score (nSPS) is 34.0. The van der Waals surface area contributed by atoms with Crippen molar-refractivity contribution in [3.8, 4) is 0 Å². The molecule has 1 aliphatic heterocycles. The third kappa shape index (κ3) is 1.87. The Hall–Kier alpha value is -3.07. The molecule has 2 bridgehead atoms. The van der Waals surface area contributed by atoms with Gasteiger partial charge in [-0.05, 0) is 78.8 Å². The lowest BCUT2D eigenvalue weighted by Crippen LogP contribution is -2.50. The molecule has 4 aliphatic rings. The summed E-state index contributed by atoms with van der Waals surface area (Å²) in [4.78, 5) is 0. The molecule has 9 heteroatoms. The smallest absolute Gasteiger partial charge is 0.233 e. The van der Waals surface area contributed by atoms with Crippen LogP contribution in [-0.4, -0.2) is 35.1 Å². The second-order valence-electron chi connectivity index (χ2n) is 10.6. The molecule has 0 radical (unpaired) electrons. The van der Waals surface area contributed by atoms with Gasteiger partial charge < -0.3 is 5.73 Å². The number of rotatable bonds is 2. The van der Waals surface area contributed by atoms with Crippen LogP contribution in [-0.2, 0) is 15.6 Å². The number of nitrogens with one attached hydrogen (secondary N) is 2. The molecule has 33 heavy (non-hydrogen) atoms. The number of hydrogen-bond acceptors (Lipinski definition) is 5. The number of aromatic nitrogens is 4. The summed E-state index contributed by atoms with van der Waals surface area (Å²) in [5.41, 5.74) is 10.3. The van der Waals surface area contributed by atoms with Crippen molar-refractivity contribution in [2.45, 2.75) is 37.1 Å². The summed E-state index contributed by atoms with van der Waals surface area (Å²) in [5, 5.41) is 16.5. The van der Waals surface area contributed by atoms with Crippen molar-refractivity contribution in [1.29, 1.82) is 0 Å². The summed E-state index contributed by atoms with van der Waals surface area (Å²) >= 11 is 0. The van der Waals surface area contributed by atoms with Gasteiger partial charge in [0.1, 0.15) is 0 Å². The maximum Gasteiger partial charge on any atom is 0.233 e. The Morgan fingerprint density at radius 3 is 2.79 bits per heavy atom. The number of H-pyrrole nitrogens is 2. The fraction of sp³-hybridized carbons (Fsp3) is 0.417. The molecule has 8 rings (SSSR count). The summed E-state index contributed by atoms with van der Waals surface area (Å²) in [7, 11) is -3.57. The first-order valence-electron chi connectivity index (χ1n) is 11.6. The number of nitrogens with zero attached hydrogens (tertiary/aromatic N) is 3. The maximum atomic E-state index is 13.6. The number of anilines is 2. The van der Waals surface area contributed by atoms with Crippen LogP contribution in [0.15, 0.2) is 36.5 Å². The predicted octanol–water partition coefficient (Wildman–Crippen LogP) is 3.60. The van der Waals surface area contributed by atoms with E-state index in [1.165, 1.54) is 31.1 Å². The van der Waals surface area contributed by atoms with E-state index in [4.69, 9.17) is 5.73 Å². The van der Waals surface area contributed by atoms with E-state index in [1.54, 1.807) is 4.31 Å². The van der Waals surface area contributed by atoms with E-state index in [9.17, 15) is 8.42 Å². The quantitative estimate of drug-likeness (QED) is 0.422. The highest BCUT2D eigenvalue weighted by Gasteiger charge is 2.84. The third-order valence-electron chi connectivity index (χ3n) is 9.34. The number of aromatic amines is 2. The largest absolute Gasteiger partial charge is 0.382 e. The number of hydrogen-bond donors (Lipinski definition) is 3. The zero-order valence-corrected chi connectivity index (χ0v) is 19.0. The van der Waals surface area contributed by atoms with Crippen molar-refractivity contribution in [3.05, 3.63) is 47.7 Å². The van der Waals surface area contributed by atoms with E-state index in [0.717, 1.165) is 39.5 Å². The summed E-state index contributed by atoms with van der Waals surface area (Å²) in [6.07, 6.45) is 7.63. The minimum Gasteiger partial charge on any atom is -0.382 e. The monoisotopic (exact) mass is 460 g/mol. The molecule has 2 aromatic heterocycles. The molecule has 3 fully saturated rings. The molecule has 2 aromatic carbocycles. The van der Waals surface area contributed by atoms with Crippen LogP contribution < -0.4 is 10.0 Å². The molecule has 4 aromatic rings. The summed E-state index contributed by atoms with van der Waals surface area (Å²) in [6, 6.07) is 10.1. The van der Waals surface area contributed by atoms with Gasteiger partial charge in [-0.1, -0.05) is 6.07 Å². The first-order chi connectivity index (χ1) is 15.9. The van der Waals surface area contributed by atoms with E-state index >= 15 is 0 Å². The lowest BCUT2D eigenvalue weighted by molar-refractivity contribution is 0.219. The zero-order chi connectivity index (χ0) is 22.3. The average molecular weight is 461 g/mol. The first-order valence-corrected chi connectivity index (χ1v) is 13.4. The van der Waals surface area contributed by atoms with Crippen molar-refractivity contribution >= 4 is 43.3 Å². The Bertz CT molecular complexity index is 1620. The van der Waals surface area contributed by atoms with Crippen LogP contribution in [0.5, 0.6) is 0 Å². The van der Waals surface area contributed by atoms with E-state index in [0.29, 0.717) is 23.6 Å². The van der Waals surface area contributed by atoms with Crippen LogP contribution in [0.1, 0.15) is 42.7 Å². The van der Waals surface area contributed by atoms with Gasteiger partial charge in [0.2, 0.25) is 10.0 Å². The van der Waals surface area contributed by atoms with E-state index in [1.807, 2.05) is 24.4 Å². The summed E-state index contributed by atoms with van der Waals surface area (Å²) < 4.78 is 28.9. The van der Waals surface area contributed by atoms with Gasteiger partial charge in [0.25, 0.3) is 0 Å². The fourth-order valence-corrected chi connectivity index (χ4v) is 9.85. The Labute approximate surface area is 190 Å². The van der Waals surface area contributed by atoms with Crippen LogP contribution in [0.25, 0.3) is 21.8 Å². The van der Waals surface area contributed by atoms with Gasteiger partial charge in [-0.3, -0.25) is 14.5 Å². The second-order valence-corrected chi connectivity index (χ2v) is 12.4. The van der Waals surface area contributed by atoms with Crippen molar-refractivity contribution in [3.63, 3.8) is 0 Å². The Kier molecular flexibility index (Phi) is 2.98. The van der Waals surface area contributed by atoms with Crippen molar-refractivity contribution in [1.82, 2.24) is 20.4 Å². The topological polar surface area (TPSA) is 121 Å². The molecular weight excluding hydrogens is 436 g/mol. The lowest BCUT2D eigenvalue weighted by Gasteiger charge is -2.48. The van der Waals surface area contributed by atoms with Crippen LogP contribution >= 0.6 is 0 Å². The lowest BCUT2D eigenvalue weighted by atomic mass is 9.66. The van der Waals surface area contributed by atoms with E-state index in [2.05, 4.69) is 32.5 Å². The highest BCUT2D eigenvalue weighted by Crippen LogP contribution is 2.87. The standard InChI is InChI=1S/C24H24N6O2S/c1-33(31,32)30-19-7-6-18-16(10-26-27-18)20(19)21-12-2-3-13(8-12)23(21)11-24(23,30)14-4-5-17-15(9-14)22(25)29-28-17/h4-7,9-10,12-13,21H,2-3,8,11H2,1H3,(H,26,27)(H3,25,28,29)/t12?,13?,21-,23?,24+/m1/s1. The average Bonchev–Trinajstić information content (AvgIpc) is 3.30. The predicted molar refractivity (Wildman–Crippen MR) is 126 cm³/mol. The zero-order valence-electron chi connectivity index (χ0n) is 18.2. The molecule has 0 amide bonds. The summed E-state index contributed by atoms with van der Waals surface area (Å²) in [5.74, 6) is 1.89. The molecular formula is C24H24N6O2S. The van der Waals surface area contributed by atoms with Crippen LogP contribution in [0, 0.1) is 17.3 Å². The number of sulfonamides is 1. The molecule has 5 atom stereocenters. The third-order valence-corrected chi connectivity index (χ3v) is 10.5. The fourth-order valence-electron chi connectivity index (χ4n) is 8.42. The Balaban J connectivity index is 1.50. The van der Waals surface area contributed by atoms with E-state index < -0.39 is 15.6 Å². The molecule has 8 nitrogen and oxygen atoms in total. The minimum atomic E-state index is -3.57.